The Kier molecular flexibility index (Phi) is 4.57. The summed E-state index contributed by atoms with van der Waals surface area (Å²) in [6.45, 7) is 1.98. The second kappa shape index (κ2) is 6.81. The maximum absolute atomic E-state index is 13.2. The van der Waals surface area contributed by atoms with Gasteiger partial charge >= 0.3 is 5.69 Å². The summed E-state index contributed by atoms with van der Waals surface area (Å²) in [5.74, 6) is -0.846. The minimum Gasteiger partial charge on any atom is -0.487 e. The number of anilines is 1. The third-order valence-corrected chi connectivity index (χ3v) is 4.22. The molecule has 3 aromatic rings. The molecule has 9 heteroatoms. The van der Waals surface area contributed by atoms with Crippen LogP contribution in [0.2, 0.25) is 0 Å². The number of nitro groups is 1. The Morgan fingerprint density at radius 2 is 2.16 bits per heavy atom. The zero-order valence-electron chi connectivity index (χ0n) is 13.0. The minimum atomic E-state index is -0.609. The predicted octanol–water partition coefficient (Wildman–Crippen LogP) is 3.99. The number of rotatable bonds is 5. The first-order valence-corrected chi connectivity index (χ1v) is 8.08. The Balaban J connectivity index is 1.86. The van der Waals surface area contributed by atoms with Crippen molar-refractivity contribution in [2.75, 3.05) is 11.9 Å². The molecule has 0 atom stereocenters. The quantitative estimate of drug-likeness (QED) is 0.548. The second-order valence-corrected chi connectivity index (χ2v) is 5.99. The molecular weight excluding hydrogens is 349 g/mol. The van der Waals surface area contributed by atoms with E-state index < -0.39 is 16.6 Å². The molecule has 0 radical (unpaired) electrons. The van der Waals surface area contributed by atoms with Gasteiger partial charge in [0.1, 0.15) is 5.82 Å². The average molecular weight is 361 g/mol. The lowest BCUT2D eigenvalue weighted by Crippen LogP contribution is -2.12. The largest absolute Gasteiger partial charge is 0.487 e. The standard InChI is InChI=1S/C16H12FN3O4S/c1-2-24-13-6-3-9(7-12(13)20(22)23)15(21)19-16-18-11-5-4-10(17)8-14(11)25-16/h3-8H,2H2,1H3,(H,18,19,21). The lowest BCUT2D eigenvalue weighted by atomic mass is 10.2. The molecule has 0 aliphatic carbocycles. The van der Waals surface area contributed by atoms with Gasteiger partial charge in [-0.05, 0) is 37.3 Å². The van der Waals surface area contributed by atoms with Crippen LogP contribution < -0.4 is 10.1 Å². The van der Waals surface area contributed by atoms with Crippen molar-refractivity contribution in [1.29, 1.82) is 0 Å². The van der Waals surface area contributed by atoms with Gasteiger partial charge in [-0.25, -0.2) is 9.37 Å². The van der Waals surface area contributed by atoms with Gasteiger partial charge in [-0.1, -0.05) is 11.3 Å². The van der Waals surface area contributed by atoms with Gasteiger partial charge in [-0.15, -0.1) is 0 Å². The van der Waals surface area contributed by atoms with E-state index in [1.54, 1.807) is 6.92 Å². The van der Waals surface area contributed by atoms with Crippen LogP contribution in [0.25, 0.3) is 10.2 Å². The van der Waals surface area contributed by atoms with E-state index in [4.69, 9.17) is 4.74 Å². The fourth-order valence-electron chi connectivity index (χ4n) is 2.20. The Bertz CT molecular complexity index is 973. The normalized spacial score (nSPS) is 10.6. The number of nitro benzene ring substituents is 1. The molecule has 0 aliphatic rings. The minimum absolute atomic E-state index is 0.0968. The van der Waals surface area contributed by atoms with Crippen molar-refractivity contribution in [2.24, 2.45) is 0 Å². The van der Waals surface area contributed by atoms with E-state index in [0.29, 0.717) is 10.2 Å². The molecule has 1 amide bonds. The molecule has 1 N–H and O–H groups in total. The highest BCUT2D eigenvalue weighted by molar-refractivity contribution is 7.22. The monoisotopic (exact) mass is 361 g/mol. The summed E-state index contributed by atoms with van der Waals surface area (Å²) in [6.07, 6.45) is 0. The van der Waals surface area contributed by atoms with E-state index in [-0.39, 0.29) is 28.7 Å². The third kappa shape index (κ3) is 3.56. The molecule has 7 nitrogen and oxygen atoms in total. The molecule has 1 aromatic heterocycles. The van der Waals surface area contributed by atoms with Crippen LogP contribution in [0.5, 0.6) is 5.75 Å². The van der Waals surface area contributed by atoms with Crippen molar-refractivity contribution in [2.45, 2.75) is 6.92 Å². The molecule has 0 saturated carbocycles. The molecule has 0 bridgehead atoms. The molecule has 0 aliphatic heterocycles. The van der Waals surface area contributed by atoms with Crippen molar-refractivity contribution in [3.05, 3.63) is 57.9 Å². The van der Waals surface area contributed by atoms with Crippen LogP contribution in [0.1, 0.15) is 17.3 Å². The lowest BCUT2D eigenvalue weighted by Gasteiger charge is -2.06. The van der Waals surface area contributed by atoms with Crippen LogP contribution in [0.4, 0.5) is 15.2 Å². The SMILES string of the molecule is CCOc1ccc(C(=O)Nc2nc3ccc(F)cc3s2)cc1[N+](=O)[O-]. The zero-order valence-corrected chi connectivity index (χ0v) is 13.8. The second-order valence-electron chi connectivity index (χ2n) is 4.96. The van der Waals surface area contributed by atoms with Gasteiger partial charge in [-0.3, -0.25) is 20.2 Å². The maximum atomic E-state index is 13.2. The third-order valence-electron chi connectivity index (χ3n) is 3.29. The number of nitrogens with zero attached hydrogens (tertiary/aromatic N) is 2. The Morgan fingerprint density at radius 3 is 2.88 bits per heavy atom. The molecule has 25 heavy (non-hydrogen) atoms. The number of hydrogen-bond acceptors (Lipinski definition) is 6. The summed E-state index contributed by atoms with van der Waals surface area (Å²) in [7, 11) is 0. The van der Waals surface area contributed by atoms with Gasteiger partial charge < -0.3 is 4.74 Å². The molecule has 1 heterocycles. The predicted molar refractivity (Wildman–Crippen MR) is 91.8 cm³/mol. The molecule has 0 saturated heterocycles. The van der Waals surface area contributed by atoms with E-state index in [2.05, 4.69) is 10.3 Å². The molecular formula is C16H12FN3O4S. The number of hydrogen-bond donors (Lipinski definition) is 1. The van der Waals surface area contributed by atoms with Crippen LogP contribution in [0.15, 0.2) is 36.4 Å². The van der Waals surface area contributed by atoms with Gasteiger partial charge in [0.25, 0.3) is 5.91 Å². The van der Waals surface area contributed by atoms with E-state index in [1.807, 2.05) is 0 Å². The first kappa shape index (κ1) is 16.8. The molecule has 0 fully saturated rings. The number of benzene rings is 2. The van der Waals surface area contributed by atoms with E-state index in [0.717, 1.165) is 17.4 Å². The number of carbonyl (C=O) groups excluding carboxylic acids is 1. The smallest absolute Gasteiger partial charge is 0.311 e. The summed E-state index contributed by atoms with van der Waals surface area (Å²) in [4.78, 5) is 27.0. The molecule has 0 spiro atoms. The van der Waals surface area contributed by atoms with Crippen molar-refractivity contribution < 1.29 is 18.8 Å². The van der Waals surface area contributed by atoms with Gasteiger partial charge in [0.05, 0.1) is 21.7 Å². The highest BCUT2D eigenvalue weighted by Crippen LogP contribution is 2.30. The number of amides is 1. The first-order valence-electron chi connectivity index (χ1n) is 7.26. The van der Waals surface area contributed by atoms with Crippen LogP contribution >= 0.6 is 11.3 Å². The number of ether oxygens (including phenoxy) is 1. The lowest BCUT2D eigenvalue weighted by molar-refractivity contribution is -0.385. The highest BCUT2D eigenvalue weighted by Gasteiger charge is 2.19. The number of halogens is 1. The number of thiazole rings is 1. The van der Waals surface area contributed by atoms with Gasteiger partial charge in [-0.2, -0.15) is 0 Å². The van der Waals surface area contributed by atoms with Crippen LogP contribution in [-0.2, 0) is 0 Å². The molecule has 3 rings (SSSR count). The van der Waals surface area contributed by atoms with Crippen LogP contribution in [0, 0.1) is 15.9 Å². The Hall–Kier alpha value is -3.07. The molecule has 0 unspecified atom stereocenters. The van der Waals surface area contributed by atoms with Crippen molar-refractivity contribution >= 4 is 38.3 Å². The molecule has 128 valence electrons. The number of fused-ring (bicyclic) bond motifs is 1. The van der Waals surface area contributed by atoms with Crippen molar-refractivity contribution in [1.82, 2.24) is 4.98 Å². The van der Waals surface area contributed by atoms with Gasteiger partial charge in [0, 0.05) is 11.6 Å². The molecule has 2 aromatic carbocycles. The van der Waals surface area contributed by atoms with Crippen LogP contribution in [0.3, 0.4) is 0 Å². The van der Waals surface area contributed by atoms with Crippen LogP contribution in [-0.4, -0.2) is 22.4 Å². The van der Waals surface area contributed by atoms with Gasteiger partial charge in [0.2, 0.25) is 0 Å². The summed E-state index contributed by atoms with van der Waals surface area (Å²) in [5, 5.41) is 14.0. The van der Waals surface area contributed by atoms with Crippen molar-refractivity contribution in [3.63, 3.8) is 0 Å². The number of carbonyl (C=O) groups is 1. The highest BCUT2D eigenvalue weighted by atomic mass is 32.1. The summed E-state index contributed by atoms with van der Waals surface area (Å²) in [6, 6.07) is 8.07. The van der Waals surface area contributed by atoms with E-state index >= 15 is 0 Å². The fourth-order valence-corrected chi connectivity index (χ4v) is 3.09. The summed E-state index contributed by atoms with van der Waals surface area (Å²) in [5.41, 5.74) is 0.362. The zero-order chi connectivity index (χ0) is 18.0. The Labute approximate surface area is 145 Å². The van der Waals surface area contributed by atoms with Gasteiger partial charge in [0.15, 0.2) is 10.9 Å². The number of nitrogens with one attached hydrogen (secondary N) is 1. The topological polar surface area (TPSA) is 94.4 Å². The summed E-state index contributed by atoms with van der Waals surface area (Å²) < 4.78 is 19.0. The van der Waals surface area contributed by atoms with Crippen molar-refractivity contribution in [3.8, 4) is 5.75 Å². The first-order chi connectivity index (χ1) is 12.0. The summed E-state index contributed by atoms with van der Waals surface area (Å²) >= 11 is 1.11. The Morgan fingerprint density at radius 1 is 1.36 bits per heavy atom. The van der Waals surface area contributed by atoms with E-state index in [9.17, 15) is 19.3 Å². The van der Waals surface area contributed by atoms with E-state index in [1.165, 1.54) is 30.3 Å². The average Bonchev–Trinajstić information content (AvgIpc) is 2.96. The maximum Gasteiger partial charge on any atom is 0.311 e. The number of aromatic nitrogens is 1. The fraction of sp³-hybridized carbons (Fsp3) is 0.125.